The van der Waals surface area contributed by atoms with Gasteiger partial charge in [0.2, 0.25) is 0 Å². The fourth-order valence-corrected chi connectivity index (χ4v) is 2.65. The van der Waals surface area contributed by atoms with E-state index in [1.807, 2.05) is 13.8 Å². The lowest BCUT2D eigenvalue weighted by Gasteiger charge is -2.13. The SMILES string of the molecule is CC(C)COC(=O)c1ccc2c(c1)C(=O)N(c1ccc([N+](=O)[O-])cc1)C2=O. The van der Waals surface area contributed by atoms with Gasteiger partial charge in [-0.05, 0) is 36.2 Å². The predicted octanol–water partition coefficient (Wildman–Crippen LogP) is 3.21. The van der Waals surface area contributed by atoms with Crippen LogP contribution in [0.5, 0.6) is 0 Å². The summed E-state index contributed by atoms with van der Waals surface area (Å²) in [7, 11) is 0. The monoisotopic (exact) mass is 368 g/mol. The standard InChI is InChI=1S/C19H16N2O6/c1-11(2)10-27-19(24)12-3-8-15-16(9-12)18(23)20(17(15)22)13-4-6-14(7-5-13)21(25)26/h3-9,11H,10H2,1-2H3. The van der Waals surface area contributed by atoms with Crippen molar-refractivity contribution in [1.82, 2.24) is 0 Å². The van der Waals surface area contributed by atoms with Crippen LogP contribution in [0.25, 0.3) is 0 Å². The lowest BCUT2D eigenvalue weighted by atomic mass is 10.1. The number of anilines is 1. The molecule has 0 aromatic heterocycles. The van der Waals surface area contributed by atoms with Crippen LogP contribution in [0.4, 0.5) is 11.4 Å². The van der Waals surface area contributed by atoms with Crippen LogP contribution in [-0.2, 0) is 4.74 Å². The van der Waals surface area contributed by atoms with Crippen molar-refractivity contribution in [2.45, 2.75) is 13.8 Å². The van der Waals surface area contributed by atoms with E-state index in [0.29, 0.717) is 0 Å². The minimum Gasteiger partial charge on any atom is -0.462 e. The highest BCUT2D eigenvalue weighted by atomic mass is 16.6. The van der Waals surface area contributed by atoms with E-state index in [9.17, 15) is 24.5 Å². The van der Waals surface area contributed by atoms with Gasteiger partial charge in [-0.2, -0.15) is 0 Å². The molecular weight excluding hydrogens is 352 g/mol. The molecule has 0 aliphatic carbocycles. The quantitative estimate of drug-likeness (QED) is 0.347. The number of hydrogen-bond donors (Lipinski definition) is 0. The largest absolute Gasteiger partial charge is 0.462 e. The van der Waals surface area contributed by atoms with Gasteiger partial charge < -0.3 is 4.74 Å². The fraction of sp³-hybridized carbons (Fsp3) is 0.211. The number of fused-ring (bicyclic) bond motifs is 1. The maximum atomic E-state index is 12.7. The van der Waals surface area contributed by atoms with Gasteiger partial charge in [0.15, 0.2) is 0 Å². The zero-order valence-corrected chi connectivity index (χ0v) is 14.7. The van der Waals surface area contributed by atoms with E-state index >= 15 is 0 Å². The molecule has 2 aromatic rings. The Morgan fingerprint density at radius 1 is 1.07 bits per heavy atom. The summed E-state index contributed by atoms with van der Waals surface area (Å²) in [6, 6.07) is 9.28. The van der Waals surface area contributed by atoms with Gasteiger partial charge in [-0.25, -0.2) is 9.69 Å². The number of amides is 2. The van der Waals surface area contributed by atoms with E-state index in [-0.39, 0.29) is 40.6 Å². The van der Waals surface area contributed by atoms with Crippen LogP contribution in [0.3, 0.4) is 0 Å². The number of hydrogen-bond acceptors (Lipinski definition) is 6. The lowest BCUT2D eigenvalue weighted by molar-refractivity contribution is -0.384. The third-order valence-electron chi connectivity index (χ3n) is 3.99. The highest BCUT2D eigenvalue weighted by Gasteiger charge is 2.37. The molecule has 27 heavy (non-hydrogen) atoms. The van der Waals surface area contributed by atoms with Crippen molar-refractivity contribution in [3.63, 3.8) is 0 Å². The molecule has 3 rings (SSSR count). The first-order valence-corrected chi connectivity index (χ1v) is 8.24. The van der Waals surface area contributed by atoms with Crippen LogP contribution in [0.2, 0.25) is 0 Å². The molecule has 138 valence electrons. The van der Waals surface area contributed by atoms with E-state index in [2.05, 4.69) is 0 Å². The molecule has 0 N–H and O–H groups in total. The van der Waals surface area contributed by atoms with Gasteiger partial charge in [-0.15, -0.1) is 0 Å². The minimum atomic E-state index is -0.595. The Morgan fingerprint density at radius 2 is 1.70 bits per heavy atom. The Hall–Kier alpha value is -3.55. The average molecular weight is 368 g/mol. The average Bonchev–Trinajstić information content (AvgIpc) is 2.90. The number of ether oxygens (including phenoxy) is 1. The first-order valence-electron chi connectivity index (χ1n) is 8.24. The van der Waals surface area contributed by atoms with Gasteiger partial charge in [-0.3, -0.25) is 19.7 Å². The van der Waals surface area contributed by atoms with Crippen molar-refractivity contribution < 1.29 is 24.0 Å². The molecule has 0 fully saturated rings. The van der Waals surface area contributed by atoms with Crippen LogP contribution in [-0.4, -0.2) is 29.3 Å². The summed E-state index contributed by atoms with van der Waals surface area (Å²) in [6.45, 7) is 4.05. The Kier molecular flexibility index (Phi) is 4.72. The van der Waals surface area contributed by atoms with Crippen LogP contribution < -0.4 is 4.90 Å². The molecule has 0 saturated heterocycles. The Bertz CT molecular complexity index is 949. The molecule has 8 heteroatoms. The van der Waals surface area contributed by atoms with E-state index < -0.39 is 22.7 Å². The molecule has 0 saturated carbocycles. The maximum Gasteiger partial charge on any atom is 0.338 e. The summed E-state index contributed by atoms with van der Waals surface area (Å²) >= 11 is 0. The number of carbonyl (C=O) groups excluding carboxylic acids is 3. The topological polar surface area (TPSA) is 107 Å². The summed E-state index contributed by atoms with van der Waals surface area (Å²) in [6.07, 6.45) is 0. The summed E-state index contributed by atoms with van der Waals surface area (Å²) in [5.41, 5.74) is 0.512. The zero-order chi connectivity index (χ0) is 19.7. The third kappa shape index (κ3) is 3.41. The van der Waals surface area contributed by atoms with Crippen LogP contribution in [0.15, 0.2) is 42.5 Å². The van der Waals surface area contributed by atoms with Crippen LogP contribution in [0, 0.1) is 16.0 Å². The summed E-state index contributed by atoms with van der Waals surface area (Å²) in [4.78, 5) is 48.5. The first kappa shape index (κ1) is 18.2. The maximum absolute atomic E-state index is 12.7. The van der Waals surface area contributed by atoms with Gasteiger partial charge in [0.25, 0.3) is 17.5 Å². The van der Waals surface area contributed by atoms with E-state index in [1.165, 1.54) is 42.5 Å². The van der Waals surface area contributed by atoms with E-state index in [4.69, 9.17) is 4.74 Å². The molecule has 2 aromatic carbocycles. The number of benzene rings is 2. The number of carbonyl (C=O) groups is 3. The van der Waals surface area contributed by atoms with Crippen molar-refractivity contribution in [2.24, 2.45) is 5.92 Å². The van der Waals surface area contributed by atoms with Gasteiger partial charge in [0, 0.05) is 12.1 Å². The number of nitrogens with zero attached hydrogens (tertiary/aromatic N) is 2. The van der Waals surface area contributed by atoms with Crippen LogP contribution >= 0.6 is 0 Å². The van der Waals surface area contributed by atoms with Crippen molar-refractivity contribution in [3.8, 4) is 0 Å². The molecule has 0 bridgehead atoms. The van der Waals surface area contributed by atoms with Crippen molar-refractivity contribution in [1.29, 1.82) is 0 Å². The number of imide groups is 1. The minimum absolute atomic E-state index is 0.0948. The highest BCUT2D eigenvalue weighted by Crippen LogP contribution is 2.30. The number of nitro groups is 1. The molecule has 1 aliphatic heterocycles. The highest BCUT2D eigenvalue weighted by molar-refractivity contribution is 6.34. The molecule has 2 amide bonds. The smallest absolute Gasteiger partial charge is 0.338 e. The van der Waals surface area contributed by atoms with Crippen molar-refractivity contribution >= 4 is 29.2 Å². The third-order valence-corrected chi connectivity index (χ3v) is 3.99. The molecule has 0 atom stereocenters. The lowest BCUT2D eigenvalue weighted by Crippen LogP contribution is -2.29. The number of esters is 1. The molecule has 1 heterocycles. The van der Waals surface area contributed by atoms with Crippen LogP contribution in [0.1, 0.15) is 44.9 Å². The van der Waals surface area contributed by atoms with E-state index in [1.54, 1.807) is 0 Å². The second-order valence-electron chi connectivity index (χ2n) is 6.47. The number of nitro benzene ring substituents is 1. The van der Waals surface area contributed by atoms with Crippen molar-refractivity contribution in [3.05, 3.63) is 69.3 Å². The second-order valence-corrected chi connectivity index (χ2v) is 6.47. The predicted molar refractivity (Wildman–Crippen MR) is 95.8 cm³/mol. The van der Waals surface area contributed by atoms with Gasteiger partial charge >= 0.3 is 5.97 Å². The second kappa shape index (κ2) is 6.99. The van der Waals surface area contributed by atoms with E-state index in [0.717, 1.165) is 4.90 Å². The molecule has 8 nitrogen and oxygen atoms in total. The fourth-order valence-electron chi connectivity index (χ4n) is 2.65. The summed E-state index contributed by atoms with van der Waals surface area (Å²) in [5, 5.41) is 10.8. The molecular formula is C19H16N2O6. The Balaban J connectivity index is 1.89. The normalized spacial score (nSPS) is 13.1. The Labute approximate surface area is 154 Å². The summed E-state index contributed by atoms with van der Waals surface area (Å²) < 4.78 is 5.15. The zero-order valence-electron chi connectivity index (χ0n) is 14.7. The molecule has 0 spiro atoms. The van der Waals surface area contributed by atoms with Gasteiger partial charge in [0.05, 0.1) is 33.9 Å². The molecule has 0 radical (unpaired) electrons. The Morgan fingerprint density at radius 3 is 2.30 bits per heavy atom. The number of non-ortho nitro benzene ring substituents is 1. The molecule has 1 aliphatic rings. The van der Waals surface area contributed by atoms with Gasteiger partial charge in [0.1, 0.15) is 0 Å². The first-order chi connectivity index (χ1) is 12.8. The number of rotatable bonds is 5. The summed E-state index contributed by atoms with van der Waals surface area (Å²) in [5.74, 6) is -1.54. The van der Waals surface area contributed by atoms with Gasteiger partial charge in [-0.1, -0.05) is 13.8 Å². The molecule has 0 unspecified atom stereocenters. The van der Waals surface area contributed by atoms with Crippen molar-refractivity contribution in [2.75, 3.05) is 11.5 Å².